The lowest BCUT2D eigenvalue weighted by Gasteiger charge is -2.12. The number of aryl methyl sites for hydroxylation is 1. The summed E-state index contributed by atoms with van der Waals surface area (Å²) < 4.78 is 31.1. The van der Waals surface area contributed by atoms with E-state index in [1.807, 2.05) is 19.1 Å². The van der Waals surface area contributed by atoms with Crippen LogP contribution in [-0.2, 0) is 10.1 Å². The maximum atomic E-state index is 12.1. The van der Waals surface area contributed by atoms with Gasteiger partial charge in [0.1, 0.15) is 11.4 Å². The fourth-order valence-corrected chi connectivity index (χ4v) is 1.91. The molecule has 9 nitrogen and oxygen atoms in total. The molecule has 1 amide bonds. The van der Waals surface area contributed by atoms with Gasteiger partial charge >= 0.3 is 0 Å². The third-order valence-electron chi connectivity index (χ3n) is 3.09. The van der Waals surface area contributed by atoms with Crippen LogP contribution in [-0.4, -0.2) is 55.1 Å². The monoisotopic (exact) mass is 356 g/mol. The van der Waals surface area contributed by atoms with Gasteiger partial charge in [0, 0.05) is 12.4 Å². The fourth-order valence-electron chi connectivity index (χ4n) is 1.91. The van der Waals surface area contributed by atoms with Gasteiger partial charge in [0.2, 0.25) is 0 Å². The molecule has 24 heavy (non-hydrogen) atoms. The summed E-state index contributed by atoms with van der Waals surface area (Å²) in [7, 11) is -0.631. The van der Waals surface area contributed by atoms with Crippen LogP contribution < -0.4 is 10.5 Å². The molecule has 10 heteroatoms. The molecule has 0 bridgehead atoms. The largest absolute Gasteiger partial charge is 0.495 e. The first kappa shape index (κ1) is 19.5. The number of nitrogens with one attached hydrogen (secondary N) is 2. The van der Waals surface area contributed by atoms with Crippen LogP contribution in [0.5, 0.6) is 5.75 Å². The van der Waals surface area contributed by atoms with Crippen molar-refractivity contribution in [2.75, 3.05) is 20.4 Å². The highest BCUT2D eigenvalue weighted by atomic mass is 32.2. The van der Waals surface area contributed by atoms with Crippen LogP contribution in [0.2, 0.25) is 0 Å². The molecule has 0 saturated heterocycles. The minimum Gasteiger partial charge on any atom is -0.495 e. The second kappa shape index (κ2) is 7.32. The third-order valence-corrected chi connectivity index (χ3v) is 3.09. The molecule has 0 aliphatic rings. The number of aromatic amines is 1. The Morgan fingerprint density at radius 1 is 1.42 bits per heavy atom. The van der Waals surface area contributed by atoms with Crippen molar-refractivity contribution >= 4 is 32.9 Å². The number of nitrogens with zero attached hydrogens (tertiary/aromatic N) is 1. The molecule has 1 heterocycles. The van der Waals surface area contributed by atoms with Gasteiger partial charge in [0.15, 0.2) is 5.96 Å². The first-order chi connectivity index (χ1) is 11.0. The summed E-state index contributed by atoms with van der Waals surface area (Å²) >= 11 is 0. The van der Waals surface area contributed by atoms with E-state index in [-0.39, 0.29) is 11.9 Å². The summed E-state index contributed by atoms with van der Waals surface area (Å²) in [5.74, 6) is 0.0163. The van der Waals surface area contributed by atoms with Gasteiger partial charge in [0.05, 0.1) is 18.9 Å². The molecule has 0 aliphatic heterocycles. The fraction of sp³-hybridized carbons (Fsp3) is 0.286. The second-order valence-electron chi connectivity index (χ2n) is 5.04. The maximum absolute atomic E-state index is 12.1. The smallest absolute Gasteiger partial charge is 0.276 e. The van der Waals surface area contributed by atoms with Crippen LogP contribution >= 0.6 is 0 Å². The Morgan fingerprint density at radius 2 is 1.96 bits per heavy atom. The Labute approximate surface area is 139 Å². The van der Waals surface area contributed by atoms with Crippen LogP contribution in [0.15, 0.2) is 18.2 Å². The lowest BCUT2D eigenvalue weighted by Crippen LogP contribution is -2.38. The van der Waals surface area contributed by atoms with E-state index in [1.165, 1.54) is 7.05 Å². The molecule has 1 aromatic heterocycles. The molecule has 2 aromatic rings. The molecule has 0 atom stereocenters. The summed E-state index contributed by atoms with van der Waals surface area (Å²) in [6.45, 7) is 1.96. The standard InChI is InChI=1S/C13H16N4O2.CH4O3S/c1-7-4-5-10(19-3)11-8(7)6-9(16-11)12(18)17(2)13(14)15;1-5(2,3)4/h4-6,16H,1-3H3,(H3,14,15);1H3,(H,2,3,4). The first-order valence-electron chi connectivity index (χ1n) is 6.66. The molecule has 0 aliphatic carbocycles. The van der Waals surface area contributed by atoms with Gasteiger partial charge < -0.3 is 15.5 Å². The van der Waals surface area contributed by atoms with Crippen LogP contribution in [0.4, 0.5) is 0 Å². The van der Waals surface area contributed by atoms with Crippen LogP contribution in [0.1, 0.15) is 16.1 Å². The number of methoxy groups -OCH3 is 1. The average Bonchev–Trinajstić information content (AvgIpc) is 2.90. The van der Waals surface area contributed by atoms with Crippen LogP contribution in [0.25, 0.3) is 10.9 Å². The van der Waals surface area contributed by atoms with Crippen LogP contribution in [0, 0.1) is 12.3 Å². The summed E-state index contributed by atoms with van der Waals surface area (Å²) in [5.41, 5.74) is 7.48. The van der Waals surface area contributed by atoms with E-state index in [2.05, 4.69) is 4.98 Å². The number of ether oxygens (including phenoxy) is 1. The van der Waals surface area contributed by atoms with Gasteiger partial charge in [-0.25, -0.2) is 0 Å². The molecular weight excluding hydrogens is 336 g/mol. The third kappa shape index (κ3) is 4.96. The van der Waals surface area contributed by atoms with E-state index < -0.39 is 10.1 Å². The average molecular weight is 356 g/mol. The molecule has 0 saturated carbocycles. The number of aromatic nitrogens is 1. The molecule has 0 radical (unpaired) electrons. The zero-order valence-corrected chi connectivity index (χ0v) is 14.6. The number of hydrogen-bond acceptors (Lipinski definition) is 5. The Bertz CT molecular complexity index is 865. The van der Waals surface area contributed by atoms with Crippen molar-refractivity contribution in [2.45, 2.75) is 6.92 Å². The number of hydrogen-bond donors (Lipinski definition) is 4. The number of rotatable bonds is 2. The SMILES string of the molecule is COc1ccc(C)c2cc(C(=O)N(C)C(=N)N)[nH]c12.CS(=O)(=O)O. The lowest BCUT2D eigenvalue weighted by atomic mass is 10.1. The molecular formula is C14H20N4O5S. The van der Waals surface area contributed by atoms with E-state index in [0.717, 1.165) is 21.4 Å². The van der Waals surface area contributed by atoms with E-state index in [0.29, 0.717) is 17.7 Å². The van der Waals surface area contributed by atoms with E-state index in [9.17, 15) is 13.2 Å². The van der Waals surface area contributed by atoms with Crippen molar-refractivity contribution in [3.63, 3.8) is 0 Å². The Hall–Kier alpha value is -2.59. The summed E-state index contributed by atoms with van der Waals surface area (Å²) in [4.78, 5) is 16.2. The van der Waals surface area contributed by atoms with E-state index >= 15 is 0 Å². The zero-order valence-electron chi connectivity index (χ0n) is 13.7. The minimum atomic E-state index is -3.67. The normalized spacial score (nSPS) is 10.7. The van der Waals surface area contributed by atoms with Gasteiger partial charge in [-0.2, -0.15) is 8.42 Å². The predicted octanol–water partition coefficient (Wildman–Crippen LogP) is 0.954. The highest BCUT2D eigenvalue weighted by molar-refractivity contribution is 7.85. The highest BCUT2D eigenvalue weighted by Gasteiger charge is 2.18. The van der Waals surface area contributed by atoms with Crippen molar-refractivity contribution in [3.05, 3.63) is 29.5 Å². The molecule has 2 rings (SSSR count). The van der Waals surface area contributed by atoms with E-state index in [1.54, 1.807) is 13.2 Å². The molecule has 0 unspecified atom stereocenters. The topological polar surface area (TPSA) is 150 Å². The number of benzene rings is 1. The van der Waals surface area contributed by atoms with Gasteiger partial charge in [-0.15, -0.1) is 0 Å². The Kier molecular flexibility index (Phi) is 5.93. The lowest BCUT2D eigenvalue weighted by molar-refractivity contribution is 0.0864. The van der Waals surface area contributed by atoms with Gasteiger partial charge in [-0.3, -0.25) is 19.7 Å². The number of carbonyl (C=O) groups is 1. The Balaban J connectivity index is 0.000000505. The quantitative estimate of drug-likeness (QED) is 0.357. The van der Waals surface area contributed by atoms with Crippen molar-refractivity contribution < 1.29 is 22.5 Å². The second-order valence-corrected chi connectivity index (χ2v) is 6.50. The van der Waals surface area contributed by atoms with Gasteiger partial charge in [-0.05, 0) is 24.6 Å². The number of nitrogens with two attached hydrogens (primary N) is 1. The highest BCUT2D eigenvalue weighted by Crippen LogP contribution is 2.28. The minimum absolute atomic E-state index is 0.299. The van der Waals surface area contributed by atoms with E-state index in [4.69, 9.17) is 20.4 Å². The predicted molar refractivity (Wildman–Crippen MR) is 91.1 cm³/mol. The molecule has 5 N–H and O–H groups in total. The molecule has 0 fully saturated rings. The number of carbonyl (C=O) groups excluding carboxylic acids is 1. The van der Waals surface area contributed by atoms with Gasteiger partial charge in [-0.1, -0.05) is 6.07 Å². The summed E-state index contributed by atoms with van der Waals surface area (Å²) in [5, 5.41) is 8.20. The number of H-pyrrole nitrogens is 1. The number of guanidine groups is 1. The molecule has 1 aromatic carbocycles. The first-order valence-corrected chi connectivity index (χ1v) is 8.51. The summed E-state index contributed by atoms with van der Waals surface area (Å²) in [6.07, 6.45) is 0.715. The molecule has 0 spiro atoms. The number of amides is 1. The van der Waals surface area contributed by atoms with Crippen molar-refractivity contribution in [1.29, 1.82) is 5.41 Å². The maximum Gasteiger partial charge on any atom is 0.276 e. The van der Waals surface area contributed by atoms with Crippen LogP contribution in [0.3, 0.4) is 0 Å². The van der Waals surface area contributed by atoms with Crippen molar-refractivity contribution in [1.82, 2.24) is 9.88 Å². The summed E-state index contributed by atoms with van der Waals surface area (Å²) in [6, 6.07) is 5.52. The number of fused-ring (bicyclic) bond motifs is 1. The van der Waals surface area contributed by atoms with Crippen molar-refractivity contribution in [3.8, 4) is 5.75 Å². The zero-order chi connectivity index (χ0) is 18.7. The van der Waals surface area contributed by atoms with Gasteiger partial charge in [0.25, 0.3) is 16.0 Å². The Morgan fingerprint density at radius 3 is 2.42 bits per heavy atom. The molecule has 132 valence electrons. The van der Waals surface area contributed by atoms with Crippen molar-refractivity contribution in [2.24, 2.45) is 5.73 Å².